The number of nitrogens with one attached hydrogen (secondary N) is 1. The molecule has 1 rings (SSSR count). The van der Waals surface area contributed by atoms with Crippen LogP contribution in [-0.2, 0) is 10.2 Å². The maximum absolute atomic E-state index is 10.9. The van der Waals surface area contributed by atoms with Gasteiger partial charge in [-0.3, -0.25) is 4.79 Å². The van der Waals surface area contributed by atoms with Crippen molar-refractivity contribution in [1.29, 1.82) is 0 Å². The molecule has 0 aromatic heterocycles. The molecule has 0 radical (unpaired) electrons. The number of ether oxygens (including phenoxy) is 1. The van der Waals surface area contributed by atoms with Crippen molar-refractivity contribution in [3.63, 3.8) is 0 Å². The van der Waals surface area contributed by atoms with E-state index in [0.29, 0.717) is 18.1 Å². The van der Waals surface area contributed by atoms with E-state index in [4.69, 9.17) is 16.3 Å². The fraction of sp³-hybridized carbons (Fsp3) is 0.500. The molecule has 0 unspecified atom stereocenters. The van der Waals surface area contributed by atoms with Gasteiger partial charge >= 0.3 is 0 Å². The zero-order valence-electron chi connectivity index (χ0n) is 11.3. The average molecular weight is 270 g/mol. The van der Waals surface area contributed by atoms with Gasteiger partial charge in [-0.2, -0.15) is 0 Å². The second-order valence-electron chi connectivity index (χ2n) is 5.04. The number of carbonyl (C=O) groups excluding carboxylic acids is 1. The molecule has 1 aromatic carbocycles. The predicted molar refractivity (Wildman–Crippen MR) is 74.6 cm³/mol. The summed E-state index contributed by atoms with van der Waals surface area (Å²) < 4.78 is 5.13. The Hall–Kier alpha value is -1.06. The Bertz CT molecular complexity index is 430. The molecule has 3 nitrogen and oxygen atoms in total. The van der Waals surface area contributed by atoms with Crippen LogP contribution in [-0.4, -0.2) is 26.0 Å². The molecule has 1 N–H and O–H groups in total. The quantitative estimate of drug-likeness (QED) is 0.863. The molecule has 1 aromatic rings. The first-order chi connectivity index (χ1) is 8.36. The minimum absolute atomic E-state index is 0.131. The Morgan fingerprint density at radius 2 is 2.11 bits per heavy atom. The fourth-order valence-corrected chi connectivity index (χ4v) is 2.24. The maximum atomic E-state index is 10.9. The molecule has 0 saturated heterocycles. The number of ketones is 1. The minimum atomic E-state index is -0.140. The molecule has 0 saturated carbocycles. The van der Waals surface area contributed by atoms with E-state index in [1.165, 1.54) is 0 Å². The Morgan fingerprint density at radius 1 is 1.44 bits per heavy atom. The number of carbonyl (C=O) groups is 1. The number of hydrogen-bond acceptors (Lipinski definition) is 3. The topological polar surface area (TPSA) is 38.3 Å². The first-order valence-corrected chi connectivity index (χ1v) is 6.29. The van der Waals surface area contributed by atoms with E-state index in [1.807, 2.05) is 18.2 Å². The second kappa shape index (κ2) is 6.21. The number of methoxy groups -OCH3 is 1. The molecule has 0 aliphatic heterocycles. The van der Waals surface area contributed by atoms with Crippen LogP contribution in [0.1, 0.15) is 26.3 Å². The lowest BCUT2D eigenvalue weighted by Gasteiger charge is -2.27. The van der Waals surface area contributed by atoms with Crippen LogP contribution in [0.2, 0.25) is 5.02 Å². The van der Waals surface area contributed by atoms with Crippen LogP contribution in [0.5, 0.6) is 5.75 Å². The average Bonchev–Trinajstić information content (AvgIpc) is 2.27. The van der Waals surface area contributed by atoms with Crippen LogP contribution in [0.4, 0.5) is 0 Å². The molecule has 0 atom stereocenters. The molecule has 0 spiro atoms. The lowest BCUT2D eigenvalue weighted by atomic mass is 9.84. The molecule has 0 bridgehead atoms. The lowest BCUT2D eigenvalue weighted by molar-refractivity contribution is -0.116. The van der Waals surface area contributed by atoms with E-state index in [9.17, 15) is 4.79 Å². The van der Waals surface area contributed by atoms with Gasteiger partial charge in [0.1, 0.15) is 11.5 Å². The third kappa shape index (κ3) is 4.00. The normalized spacial score (nSPS) is 11.4. The van der Waals surface area contributed by atoms with Gasteiger partial charge in [0.05, 0.1) is 13.7 Å². The summed E-state index contributed by atoms with van der Waals surface area (Å²) in [5, 5.41) is 3.82. The van der Waals surface area contributed by atoms with Gasteiger partial charge in [0.25, 0.3) is 0 Å². The highest BCUT2D eigenvalue weighted by atomic mass is 35.5. The summed E-state index contributed by atoms with van der Waals surface area (Å²) in [6.45, 7) is 6.83. The van der Waals surface area contributed by atoms with E-state index in [0.717, 1.165) is 11.3 Å². The number of Topliss-reactive ketones (excluding diaryl/α,β-unsaturated/α-hetero) is 1. The first kappa shape index (κ1) is 15.0. The molecule has 0 heterocycles. The van der Waals surface area contributed by atoms with E-state index in [-0.39, 0.29) is 11.2 Å². The monoisotopic (exact) mass is 269 g/mol. The summed E-state index contributed by atoms with van der Waals surface area (Å²) in [6, 6.07) is 5.67. The van der Waals surface area contributed by atoms with Gasteiger partial charge in [-0.15, -0.1) is 0 Å². The van der Waals surface area contributed by atoms with Gasteiger partial charge in [-0.25, -0.2) is 0 Å². The molecule has 0 amide bonds. The molecule has 0 aliphatic rings. The Morgan fingerprint density at radius 3 is 2.61 bits per heavy atom. The van der Waals surface area contributed by atoms with Crippen molar-refractivity contribution in [2.75, 3.05) is 20.2 Å². The third-order valence-electron chi connectivity index (χ3n) is 2.85. The summed E-state index contributed by atoms with van der Waals surface area (Å²) in [7, 11) is 1.62. The highest BCUT2D eigenvalue weighted by Crippen LogP contribution is 2.32. The minimum Gasteiger partial charge on any atom is -0.497 e. The smallest absolute Gasteiger partial charge is 0.143 e. The fourth-order valence-electron chi connectivity index (χ4n) is 1.82. The van der Waals surface area contributed by atoms with Crippen LogP contribution in [0.3, 0.4) is 0 Å². The van der Waals surface area contributed by atoms with Crippen molar-refractivity contribution in [2.24, 2.45) is 0 Å². The maximum Gasteiger partial charge on any atom is 0.143 e. The third-order valence-corrected chi connectivity index (χ3v) is 3.16. The Labute approximate surface area is 113 Å². The number of benzene rings is 1. The summed E-state index contributed by atoms with van der Waals surface area (Å²) in [5.41, 5.74) is 0.903. The highest BCUT2D eigenvalue weighted by Gasteiger charge is 2.23. The molecule has 18 heavy (non-hydrogen) atoms. The van der Waals surface area contributed by atoms with E-state index in [2.05, 4.69) is 19.2 Å². The van der Waals surface area contributed by atoms with E-state index in [1.54, 1.807) is 14.0 Å². The van der Waals surface area contributed by atoms with Crippen LogP contribution in [0, 0.1) is 0 Å². The SMILES string of the molecule is COc1ccc(C(C)(C)CNCC(C)=O)c(Cl)c1. The van der Waals surface area contributed by atoms with Crippen LogP contribution < -0.4 is 10.1 Å². The van der Waals surface area contributed by atoms with Crippen molar-refractivity contribution in [3.8, 4) is 5.75 Å². The summed E-state index contributed by atoms with van der Waals surface area (Å²) in [4.78, 5) is 10.9. The summed E-state index contributed by atoms with van der Waals surface area (Å²) in [5.74, 6) is 0.878. The van der Waals surface area contributed by atoms with Gasteiger partial charge in [-0.1, -0.05) is 31.5 Å². The molecule has 0 fully saturated rings. The van der Waals surface area contributed by atoms with Crippen molar-refractivity contribution in [1.82, 2.24) is 5.32 Å². The number of rotatable bonds is 6. The van der Waals surface area contributed by atoms with Gasteiger partial charge in [0, 0.05) is 17.0 Å². The Balaban J connectivity index is 2.80. The van der Waals surface area contributed by atoms with Crippen molar-refractivity contribution < 1.29 is 9.53 Å². The molecular weight excluding hydrogens is 250 g/mol. The first-order valence-electron chi connectivity index (χ1n) is 5.91. The van der Waals surface area contributed by atoms with Crippen molar-refractivity contribution in [2.45, 2.75) is 26.2 Å². The predicted octanol–water partition coefficient (Wildman–Crippen LogP) is 2.80. The lowest BCUT2D eigenvalue weighted by Crippen LogP contribution is -2.35. The Kier molecular flexibility index (Phi) is 5.17. The van der Waals surface area contributed by atoms with E-state index >= 15 is 0 Å². The molecular formula is C14H20ClNO2. The van der Waals surface area contributed by atoms with Crippen LogP contribution in [0.25, 0.3) is 0 Å². The van der Waals surface area contributed by atoms with E-state index < -0.39 is 0 Å². The number of hydrogen-bond donors (Lipinski definition) is 1. The highest BCUT2D eigenvalue weighted by molar-refractivity contribution is 6.31. The second-order valence-corrected chi connectivity index (χ2v) is 5.44. The zero-order chi connectivity index (χ0) is 13.8. The molecule has 100 valence electrons. The van der Waals surface area contributed by atoms with Gasteiger partial charge in [0.15, 0.2) is 0 Å². The zero-order valence-corrected chi connectivity index (χ0v) is 12.1. The van der Waals surface area contributed by atoms with Crippen molar-refractivity contribution in [3.05, 3.63) is 28.8 Å². The number of halogens is 1. The van der Waals surface area contributed by atoms with Crippen LogP contribution in [0.15, 0.2) is 18.2 Å². The van der Waals surface area contributed by atoms with Crippen molar-refractivity contribution >= 4 is 17.4 Å². The van der Waals surface area contributed by atoms with Gasteiger partial charge in [0.2, 0.25) is 0 Å². The summed E-state index contributed by atoms with van der Waals surface area (Å²) >= 11 is 6.26. The van der Waals surface area contributed by atoms with Gasteiger partial charge in [-0.05, 0) is 24.6 Å². The summed E-state index contributed by atoms with van der Waals surface area (Å²) in [6.07, 6.45) is 0. The molecule has 4 heteroatoms. The van der Waals surface area contributed by atoms with Gasteiger partial charge < -0.3 is 10.1 Å². The molecule has 0 aliphatic carbocycles. The van der Waals surface area contributed by atoms with Crippen LogP contribution >= 0.6 is 11.6 Å². The standard InChI is InChI=1S/C14H20ClNO2/c1-10(17)8-16-9-14(2,3)12-6-5-11(18-4)7-13(12)15/h5-7,16H,8-9H2,1-4H3. The largest absolute Gasteiger partial charge is 0.497 e.